The van der Waals surface area contributed by atoms with Crippen molar-refractivity contribution >= 4 is 22.4 Å². The van der Waals surface area contributed by atoms with Crippen LogP contribution < -0.4 is 5.32 Å². The molecule has 0 saturated carbocycles. The number of carbonyl (C=O) groups is 1. The molecule has 1 aromatic rings. The predicted octanol–water partition coefficient (Wildman–Crippen LogP) is 2.58. The summed E-state index contributed by atoms with van der Waals surface area (Å²) in [5.74, 6) is -0.0845. The molecular formula is C11H14F3N3OS. The largest absolute Gasteiger partial charge is 0.427 e. The second-order valence-corrected chi connectivity index (χ2v) is 5.67. The Hall–Kier alpha value is -1.31. The van der Waals surface area contributed by atoms with Gasteiger partial charge in [-0.05, 0) is 20.3 Å². The molecule has 2 rings (SSSR count). The Kier molecular flexibility index (Phi) is 3.71. The Bertz CT molecular complexity index is 472. The summed E-state index contributed by atoms with van der Waals surface area (Å²) in [6.07, 6.45) is -3.02. The summed E-state index contributed by atoms with van der Waals surface area (Å²) in [7, 11) is 0. The van der Waals surface area contributed by atoms with E-state index in [9.17, 15) is 18.0 Å². The van der Waals surface area contributed by atoms with Crippen molar-refractivity contribution < 1.29 is 18.0 Å². The first-order valence-corrected chi connectivity index (χ1v) is 6.70. The Labute approximate surface area is 112 Å². The molecule has 1 aliphatic heterocycles. The fourth-order valence-electron chi connectivity index (χ4n) is 1.97. The smallest absolute Gasteiger partial charge is 0.350 e. The summed E-state index contributed by atoms with van der Waals surface area (Å²) >= 11 is 0.520. The molecule has 1 aliphatic rings. The molecule has 8 heteroatoms. The normalized spacial score (nSPS) is 20.4. The lowest BCUT2D eigenvalue weighted by Gasteiger charge is -2.20. The molecule has 4 nitrogen and oxygen atoms in total. The number of halogens is 3. The highest BCUT2D eigenvalue weighted by Crippen LogP contribution is 2.35. The van der Waals surface area contributed by atoms with E-state index in [0.717, 1.165) is 6.20 Å². The van der Waals surface area contributed by atoms with Crippen molar-refractivity contribution in [3.8, 4) is 0 Å². The third-order valence-corrected chi connectivity index (χ3v) is 3.92. The third-order valence-electron chi connectivity index (χ3n) is 2.95. The van der Waals surface area contributed by atoms with Gasteiger partial charge in [0.05, 0.1) is 6.20 Å². The van der Waals surface area contributed by atoms with Gasteiger partial charge >= 0.3 is 6.18 Å². The van der Waals surface area contributed by atoms with Gasteiger partial charge in [0.15, 0.2) is 5.13 Å². The van der Waals surface area contributed by atoms with Gasteiger partial charge in [-0.15, -0.1) is 0 Å². The second-order valence-electron chi connectivity index (χ2n) is 4.64. The zero-order chi connectivity index (χ0) is 14.2. The summed E-state index contributed by atoms with van der Waals surface area (Å²) < 4.78 is 37.3. The van der Waals surface area contributed by atoms with Gasteiger partial charge in [0.25, 0.3) is 0 Å². The standard InChI is InChI=1S/C11H14F3N3OS/c1-6(2)17-4-3-7(9(17)18)16-10-15-5-8(19-10)11(12,13)14/h5-7H,3-4H2,1-2H3,(H,15,16). The van der Waals surface area contributed by atoms with E-state index in [-0.39, 0.29) is 17.1 Å². The zero-order valence-corrected chi connectivity index (χ0v) is 11.3. The maximum absolute atomic E-state index is 12.4. The Balaban J connectivity index is 2.03. The number of alkyl halides is 3. The topological polar surface area (TPSA) is 45.2 Å². The van der Waals surface area contributed by atoms with Gasteiger partial charge in [-0.1, -0.05) is 11.3 Å². The second kappa shape index (κ2) is 4.99. The minimum Gasteiger partial charge on any atom is -0.350 e. The van der Waals surface area contributed by atoms with E-state index in [1.807, 2.05) is 13.8 Å². The Morgan fingerprint density at radius 3 is 2.68 bits per heavy atom. The number of hydrogen-bond acceptors (Lipinski definition) is 4. The maximum Gasteiger partial charge on any atom is 0.427 e. The summed E-state index contributed by atoms with van der Waals surface area (Å²) in [5.41, 5.74) is 0. The molecule has 19 heavy (non-hydrogen) atoms. The number of aromatic nitrogens is 1. The number of nitrogens with zero attached hydrogens (tertiary/aromatic N) is 2. The van der Waals surface area contributed by atoms with E-state index in [2.05, 4.69) is 10.3 Å². The number of anilines is 1. The molecule has 1 aromatic heterocycles. The molecule has 1 saturated heterocycles. The maximum atomic E-state index is 12.4. The van der Waals surface area contributed by atoms with Crippen LogP contribution >= 0.6 is 11.3 Å². The quantitative estimate of drug-likeness (QED) is 0.931. The molecule has 0 bridgehead atoms. The molecule has 0 aliphatic carbocycles. The van der Waals surface area contributed by atoms with Gasteiger partial charge in [-0.25, -0.2) is 4.98 Å². The first kappa shape index (κ1) is 14.1. The van der Waals surface area contributed by atoms with E-state index >= 15 is 0 Å². The van der Waals surface area contributed by atoms with E-state index < -0.39 is 17.1 Å². The molecule has 2 heterocycles. The minimum absolute atomic E-state index is 0.0845. The van der Waals surface area contributed by atoms with Crippen LogP contribution in [0, 0.1) is 0 Å². The molecule has 0 spiro atoms. The highest BCUT2D eigenvalue weighted by atomic mass is 32.1. The summed E-state index contributed by atoms with van der Waals surface area (Å²) in [4.78, 5) is 16.6. The van der Waals surface area contributed by atoms with Crippen molar-refractivity contribution in [3.05, 3.63) is 11.1 Å². The van der Waals surface area contributed by atoms with Crippen LogP contribution in [0.2, 0.25) is 0 Å². The summed E-state index contributed by atoms with van der Waals surface area (Å²) in [6.45, 7) is 4.43. The molecule has 106 valence electrons. The molecule has 1 atom stereocenters. The van der Waals surface area contributed by atoms with Crippen LogP contribution in [0.5, 0.6) is 0 Å². The lowest BCUT2D eigenvalue weighted by atomic mass is 10.2. The summed E-state index contributed by atoms with van der Waals surface area (Å²) in [6, 6.07) is -0.379. The number of amides is 1. The van der Waals surface area contributed by atoms with Gasteiger partial charge in [0, 0.05) is 12.6 Å². The van der Waals surface area contributed by atoms with Gasteiger partial charge in [-0.2, -0.15) is 13.2 Å². The third kappa shape index (κ3) is 2.99. The van der Waals surface area contributed by atoms with Crippen LogP contribution in [-0.4, -0.2) is 34.4 Å². The predicted molar refractivity (Wildman–Crippen MR) is 66.0 cm³/mol. The molecular weight excluding hydrogens is 279 g/mol. The minimum atomic E-state index is -4.39. The van der Waals surface area contributed by atoms with Crippen molar-refractivity contribution in [2.24, 2.45) is 0 Å². The highest BCUT2D eigenvalue weighted by molar-refractivity contribution is 7.15. The van der Waals surface area contributed by atoms with Crippen LogP contribution in [0.15, 0.2) is 6.20 Å². The Morgan fingerprint density at radius 1 is 1.53 bits per heavy atom. The van der Waals surface area contributed by atoms with Crippen molar-refractivity contribution in [1.29, 1.82) is 0 Å². The van der Waals surface area contributed by atoms with Crippen molar-refractivity contribution in [3.63, 3.8) is 0 Å². The number of thiazole rings is 1. The molecule has 1 N–H and O–H groups in total. The number of likely N-dealkylation sites (tertiary alicyclic amines) is 1. The van der Waals surface area contributed by atoms with Crippen molar-refractivity contribution in [2.45, 2.75) is 38.5 Å². The fourth-order valence-corrected chi connectivity index (χ4v) is 2.71. The van der Waals surface area contributed by atoms with Crippen molar-refractivity contribution in [1.82, 2.24) is 9.88 Å². The molecule has 0 radical (unpaired) electrons. The van der Waals surface area contributed by atoms with E-state index in [0.29, 0.717) is 24.3 Å². The van der Waals surface area contributed by atoms with Gasteiger partial charge in [0.1, 0.15) is 10.9 Å². The fraction of sp³-hybridized carbons (Fsp3) is 0.636. The first-order valence-electron chi connectivity index (χ1n) is 5.89. The average molecular weight is 293 g/mol. The number of nitrogens with one attached hydrogen (secondary N) is 1. The van der Waals surface area contributed by atoms with E-state index in [1.54, 1.807) is 4.90 Å². The van der Waals surface area contributed by atoms with E-state index in [4.69, 9.17) is 0 Å². The molecule has 1 unspecified atom stereocenters. The lowest BCUT2D eigenvalue weighted by Crippen LogP contribution is -2.37. The average Bonchev–Trinajstić information content (AvgIpc) is 2.87. The van der Waals surface area contributed by atoms with Crippen LogP contribution in [0.25, 0.3) is 0 Å². The van der Waals surface area contributed by atoms with E-state index in [1.165, 1.54) is 0 Å². The molecule has 1 fully saturated rings. The lowest BCUT2D eigenvalue weighted by molar-refractivity contribution is -0.134. The van der Waals surface area contributed by atoms with Crippen molar-refractivity contribution in [2.75, 3.05) is 11.9 Å². The van der Waals surface area contributed by atoms with Gasteiger partial charge in [0.2, 0.25) is 5.91 Å². The zero-order valence-electron chi connectivity index (χ0n) is 10.5. The molecule has 0 aromatic carbocycles. The monoisotopic (exact) mass is 293 g/mol. The van der Waals surface area contributed by atoms with Crippen LogP contribution in [0.4, 0.5) is 18.3 Å². The van der Waals surface area contributed by atoms with Crippen LogP contribution in [0.3, 0.4) is 0 Å². The number of rotatable bonds is 3. The van der Waals surface area contributed by atoms with Crippen LogP contribution in [-0.2, 0) is 11.0 Å². The molecule has 1 amide bonds. The Morgan fingerprint density at radius 2 is 2.21 bits per heavy atom. The summed E-state index contributed by atoms with van der Waals surface area (Å²) in [5, 5.41) is 2.92. The SMILES string of the molecule is CC(C)N1CCC(Nc2ncc(C(F)(F)F)s2)C1=O. The number of carbonyl (C=O) groups excluding carboxylic acids is 1. The van der Waals surface area contributed by atoms with Crippen LogP contribution in [0.1, 0.15) is 25.1 Å². The highest BCUT2D eigenvalue weighted by Gasteiger charge is 2.36. The van der Waals surface area contributed by atoms with Gasteiger partial charge < -0.3 is 10.2 Å². The van der Waals surface area contributed by atoms with Gasteiger partial charge in [-0.3, -0.25) is 4.79 Å². The number of hydrogen-bond donors (Lipinski definition) is 1. The first-order chi connectivity index (χ1) is 8.79.